The summed E-state index contributed by atoms with van der Waals surface area (Å²) in [5.74, 6) is 0. The molecule has 0 aromatic heterocycles. The lowest BCUT2D eigenvalue weighted by Crippen LogP contribution is -2.45. The van der Waals surface area contributed by atoms with Crippen LogP contribution in [0.1, 0.15) is 37.8 Å². The molecular formula is C15H24Cl4N2. The molecule has 0 aliphatic carbocycles. The predicted molar refractivity (Wildman–Crippen MR) is 97.7 cm³/mol. The van der Waals surface area contributed by atoms with Crippen LogP contribution in [0.4, 0.5) is 0 Å². The summed E-state index contributed by atoms with van der Waals surface area (Å²) >= 11 is 12.6. The maximum atomic E-state index is 6.41. The van der Waals surface area contributed by atoms with Gasteiger partial charge in [0.2, 0.25) is 0 Å². The van der Waals surface area contributed by atoms with E-state index in [4.69, 9.17) is 23.2 Å². The first-order valence-corrected chi connectivity index (χ1v) is 7.88. The molecule has 6 heteroatoms. The first-order chi connectivity index (χ1) is 9.24. The van der Waals surface area contributed by atoms with E-state index in [9.17, 15) is 0 Å². The van der Waals surface area contributed by atoms with Crippen LogP contribution >= 0.6 is 48.0 Å². The van der Waals surface area contributed by atoms with Crippen molar-refractivity contribution in [2.24, 2.45) is 0 Å². The minimum absolute atomic E-state index is 0. The summed E-state index contributed by atoms with van der Waals surface area (Å²) in [5.41, 5.74) is 1.18. The minimum Gasteiger partial charge on any atom is -0.314 e. The third kappa shape index (κ3) is 5.78. The summed E-state index contributed by atoms with van der Waals surface area (Å²) < 4.78 is 0. The van der Waals surface area contributed by atoms with Crippen LogP contribution in [0, 0.1) is 0 Å². The van der Waals surface area contributed by atoms with Gasteiger partial charge in [0.05, 0.1) is 10.0 Å². The van der Waals surface area contributed by atoms with Crippen molar-refractivity contribution in [3.63, 3.8) is 0 Å². The lowest BCUT2D eigenvalue weighted by molar-refractivity contribution is 0.163. The predicted octanol–water partition coefficient (Wildman–Crippen LogP) is 4.97. The zero-order valence-electron chi connectivity index (χ0n) is 12.3. The van der Waals surface area contributed by atoms with Gasteiger partial charge in [-0.2, -0.15) is 0 Å². The Morgan fingerprint density at radius 1 is 1.19 bits per heavy atom. The fourth-order valence-electron chi connectivity index (χ4n) is 2.70. The van der Waals surface area contributed by atoms with Crippen LogP contribution in [0.5, 0.6) is 0 Å². The van der Waals surface area contributed by atoms with Crippen molar-refractivity contribution in [1.29, 1.82) is 0 Å². The van der Waals surface area contributed by atoms with E-state index < -0.39 is 0 Å². The molecule has 0 bridgehead atoms. The van der Waals surface area contributed by atoms with Gasteiger partial charge in [-0.1, -0.05) is 55.1 Å². The maximum Gasteiger partial charge on any atom is 0.0640 e. The largest absolute Gasteiger partial charge is 0.314 e. The summed E-state index contributed by atoms with van der Waals surface area (Å²) in [6.07, 6.45) is 3.58. The Kier molecular flexibility index (Phi) is 11.1. The van der Waals surface area contributed by atoms with Crippen LogP contribution < -0.4 is 5.32 Å². The first-order valence-electron chi connectivity index (χ1n) is 7.12. The van der Waals surface area contributed by atoms with Crippen molar-refractivity contribution in [3.05, 3.63) is 33.8 Å². The first kappa shape index (κ1) is 21.3. The van der Waals surface area contributed by atoms with Crippen LogP contribution in [-0.4, -0.2) is 31.1 Å². The van der Waals surface area contributed by atoms with Gasteiger partial charge in [0.25, 0.3) is 0 Å². The zero-order valence-corrected chi connectivity index (χ0v) is 15.4. The fraction of sp³-hybridized carbons (Fsp3) is 0.600. The zero-order chi connectivity index (χ0) is 13.7. The summed E-state index contributed by atoms with van der Waals surface area (Å²) in [6, 6.07) is 6.39. The lowest BCUT2D eigenvalue weighted by Gasteiger charge is -2.35. The molecule has 1 aliphatic rings. The molecule has 1 aromatic carbocycles. The van der Waals surface area contributed by atoms with Gasteiger partial charge < -0.3 is 5.32 Å². The molecule has 0 amide bonds. The molecule has 1 fully saturated rings. The smallest absolute Gasteiger partial charge is 0.0640 e. The monoisotopic (exact) mass is 372 g/mol. The molecule has 1 atom stereocenters. The Morgan fingerprint density at radius 2 is 1.86 bits per heavy atom. The third-order valence-electron chi connectivity index (χ3n) is 3.76. The number of nitrogens with one attached hydrogen (secondary N) is 1. The SMILES string of the molecule is CCCC[C@H](c1cccc(Cl)c1Cl)N1CCNCC1.Cl.Cl. The van der Waals surface area contributed by atoms with Gasteiger partial charge in [0, 0.05) is 32.2 Å². The number of nitrogens with zero attached hydrogens (tertiary/aromatic N) is 1. The highest BCUT2D eigenvalue weighted by atomic mass is 35.5. The van der Waals surface area contributed by atoms with Crippen LogP contribution in [0.3, 0.4) is 0 Å². The summed E-state index contributed by atoms with van der Waals surface area (Å²) in [5, 5.41) is 4.79. The molecule has 21 heavy (non-hydrogen) atoms. The summed E-state index contributed by atoms with van der Waals surface area (Å²) in [7, 11) is 0. The molecule has 1 aromatic rings. The van der Waals surface area contributed by atoms with Crippen LogP contribution in [0.25, 0.3) is 0 Å². The number of hydrogen-bond donors (Lipinski definition) is 1. The molecule has 0 radical (unpaired) electrons. The van der Waals surface area contributed by atoms with Gasteiger partial charge in [0.1, 0.15) is 0 Å². The molecule has 1 N–H and O–H groups in total. The van der Waals surface area contributed by atoms with Gasteiger partial charge >= 0.3 is 0 Å². The maximum absolute atomic E-state index is 6.41. The highest BCUT2D eigenvalue weighted by Crippen LogP contribution is 2.35. The Hall–Kier alpha value is 0.300. The Labute approximate surface area is 150 Å². The van der Waals surface area contributed by atoms with Gasteiger partial charge in [-0.3, -0.25) is 4.90 Å². The second-order valence-corrected chi connectivity index (χ2v) is 5.87. The highest BCUT2D eigenvalue weighted by Gasteiger charge is 2.24. The molecular weight excluding hydrogens is 350 g/mol. The molecule has 0 saturated carbocycles. The number of hydrogen-bond acceptors (Lipinski definition) is 2. The molecule has 0 unspecified atom stereocenters. The molecule has 2 rings (SSSR count). The van der Waals surface area contributed by atoms with Crippen molar-refractivity contribution >= 4 is 48.0 Å². The van der Waals surface area contributed by atoms with Crippen molar-refractivity contribution in [1.82, 2.24) is 10.2 Å². The van der Waals surface area contributed by atoms with E-state index in [1.165, 1.54) is 18.4 Å². The number of piperazine rings is 1. The highest BCUT2D eigenvalue weighted by molar-refractivity contribution is 6.42. The summed E-state index contributed by atoms with van der Waals surface area (Å²) in [6.45, 7) is 6.50. The van der Waals surface area contributed by atoms with E-state index in [1.807, 2.05) is 12.1 Å². The number of benzene rings is 1. The number of rotatable bonds is 5. The average Bonchev–Trinajstić information content (AvgIpc) is 2.45. The van der Waals surface area contributed by atoms with E-state index in [0.29, 0.717) is 11.1 Å². The summed E-state index contributed by atoms with van der Waals surface area (Å²) in [4.78, 5) is 2.53. The van der Waals surface area contributed by atoms with Gasteiger partial charge in [0.15, 0.2) is 0 Å². The normalized spacial score (nSPS) is 16.7. The van der Waals surface area contributed by atoms with Crippen molar-refractivity contribution in [3.8, 4) is 0 Å². The molecule has 0 spiro atoms. The van der Waals surface area contributed by atoms with Crippen molar-refractivity contribution in [2.45, 2.75) is 32.2 Å². The number of unbranched alkanes of at least 4 members (excludes halogenated alkanes) is 1. The molecule has 1 aliphatic heterocycles. The van der Waals surface area contributed by atoms with E-state index in [0.717, 1.165) is 37.6 Å². The minimum atomic E-state index is 0. The lowest BCUT2D eigenvalue weighted by atomic mass is 9.98. The molecule has 122 valence electrons. The topological polar surface area (TPSA) is 15.3 Å². The second kappa shape index (κ2) is 10.9. The van der Waals surface area contributed by atoms with Crippen LogP contribution in [0.2, 0.25) is 10.0 Å². The van der Waals surface area contributed by atoms with Gasteiger partial charge in [-0.05, 0) is 18.1 Å². The number of halogens is 4. The van der Waals surface area contributed by atoms with E-state index >= 15 is 0 Å². The van der Waals surface area contributed by atoms with Gasteiger partial charge in [-0.25, -0.2) is 0 Å². The Bertz CT molecular complexity index is 409. The molecule has 2 nitrogen and oxygen atoms in total. The average molecular weight is 374 g/mol. The van der Waals surface area contributed by atoms with Crippen molar-refractivity contribution in [2.75, 3.05) is 26.2 Å². The quantitative estimate of drug-likeness (QED) is 0.783. The molecule has 1 saturated heterocycles. The van der Waals surface area contributed by atoms with Crippen LogP contribution in [-0.2, 0) is 0 Å². The third-order valence-corrected chi connectivity index (χ3v) is 4.60. The van der Waals surface area contributed by atoms with Gasteiger partial charge in [-0.15, -0.1) is 24.8 Å². The Morgan fingerprint density at radius 3 is 2.48 bits per heavy atom. The Balaban J connectivity index is 0.00000200. The molecule has 1 heterocycles. The van der Waals surface area contributed by atoms with E-state index in [2.05, 4.69) is 23.2 Å². The van der Waals surface area contributed by atoms with Crippen LogP contribution in [0.15, 0.2) is 18.2 Å². The standard InChI is InChI=1S/C15H22Cl2N2.2ClH/c1-2-3-7-14(19-10-8-18-9-11-19)12-5-4-6-13(16)15(12)17;;/h4-6,14,18H,2-3,7-11H2,1H3;2*1H/t14-;;/m1../s1. The second-order valence-electron chi connectivity index (χ2n) is 5.09. The fourth-order valence-corrected chi connectivity index (χ4v) is 3.14. The van der Waals surface area contributed by atoms with E-state index in [1.54, 1.807) is 0 Å². The van der Waals surface area contributed by atoms with Crippen molar-refractivity contribution < 1.29 is 0 Å². The van der Waals surface area contributed by atoms with E-state index in [-0.39, 0.29) is 24.8 Å².